The molecule has 0 atom stereocenters. The quantitative estimate of drug-likeness (QED) is 0.478. The summed E-state index contributed by atoms with van der Waals surface area (Å²) in [6.07, 6.45) is 10.8. The van der Waals surface area contributed by atoms with Crippen molar-refractivity contribution < 1.29 is 4.49 Å². The van der Waals surface area contributed by atoms with Gasteiger partial charge in [-0.2, -0.15) is 0 Å². The topological polar surface area (TPSA) is 7.94 Å². The van der Waals surface area contributed by atoms with Gasteiger partial charge in [0, 0.05) is 23.9 Å². The lowest BCUT2D eigenvalue weighted by Crippen LogP contribution is -2.25. The molecule has 3 heteroatoms. The van der Waals surface area contributed by atoms with E-state index in [0.29, 0.717) is 0 Å². The van der Waals surface area contributed by atoms with Crippen LogP contribution in [0.2, 0.25) is 0 Å². The van der Waals surface area contributed by atoms with E-state index in [0.717, 1.165) is 0 Å². The molecule has 2 aliphatic heterocycles. The number of fused-ring (bicyclic) bond motifs is 2. The van der Waals surface area contributed by atoms with E-state index >= 15 is 0 Å². The number of rotatable bonds is 0. The number of allylic oxidation sites excluding steroid dienone is 2. The van der Waals surface area contributed by atoms with E-state index in [1.807, 2.05) is 0 Å². The van der Waals surface area contributed by atoms with Crippen LogP contribution in [0.4, 0.5) is 0 Å². The third-order valence-corrected chi connectivity index (χ3v) is 2.69. The lowest BCUT2D eigenvalue weighted by Gasteiger charge is -2.17. The summed E-state index contributed by atoms with van der Waals surface area (Å²) in [6, 6.07) is 4.28. The molecule has 58 valence electrons. The molecule has 0 spiro atoms. The van der Waals surface area contributed by atoms with Crippen LogP contribution in [0.1, 0.15) is 5.69 Å². The first-order valence-electron chi connectivity index (χ1n) is 4.35. The average Bonchev–Trinajstić information content (AvgIpc) is 2.64. The number of hydrogen-bond acceptors (Lipinski definition) is 0. The van der Waals surface area contributed by atoms with Gasteiger partial charge in [-0.15, -0.1) is 0 Å². The summed E-state index contributed by atoms with van der Waals surface area (Å²) in [5.74, 6) is 0. The zero-order chi connectivity index (χ0) is 7.97. The van der Waals surface area contributed by atoms with Crippen LogP contribution in [-0.2, 0) is 0 Å². The van der Waals surface area contributed by atoms with Crippen LogP contribution >= 0.6 is 0 Å². The fraction of sp³-hybridized carbons (Fsp3) is 0. The Balaban J connectivity index is 2.23. The van der Waals surface area contributed by atoms with Crippen molar-refractivity contribution in [1.82, 2.24) is 4.48 Å². The van der Waals surface area contributed by atoms with E-state index in [2.05, 4.69) is 51.7 Å². The SMILES string of the molecule is [BH2-]1n2cccc2C=C2C=CC=[N+]12. The first kappa shape index (κ1) is 6.06. The zero-order valence-corrected chi connectivity index (χ0v) is 6.94. The summed E-state index contributed by atoms with van der Waals surface area (Å²) >= 11 is 0. The van der Waals surface area contributed by atoms with Crippen LogP contribution in [0.25, 0.3) is 6.08 Å². The van der Waals surface area contributed by atoms with Crippen LogP contribution < -0.4 is 0 Å². The molecule has 0 amide bonds. The monoisotopic (exact) mass is 156 g/mol. The maximum absolute atomic E-state index is 2.35. The zero-order valence-electron chi connectivity index (χ0n) is 6.94. The van der Waals surface area contributed by atoms with Crippen molar-refractivity contribution in [2.24, 2.45) is 0 Å². The maximum atomic E-state index is 2.35. The van der Waals surface area contributed by atoms with Crippen molar-refractivity contribution in [3.8, 4) is 0 Å². The molecule has 1 aromatic rings. The van der Waals surface area contributed by atoms with Gasteiger partial charge in [0.05, 0.1) is 0 Å². The molecule has 12 heavy (non-hydrogen) atoms. The molecule has 0 aliphatic carbocycles. The van der Waals surface area contributed by atoms with E-state index in [9.17, 15) is 0 Å². The van der Waals surface area contributed by atoms with Gasteiger partial charge in [-0.3, -0.25) is 0 Å². The van der Waals surface area contributed by atoms with Gasteiger partial charge >= 0.3 is 7.55 Å². The minimum Gasteiger partial charge on any atom is -0.467 e. The maximum Gasteiger partial charge on any atom is 0.353 e. The second kappa shape index (κ2) is 2.00. The molecule has 0 N–H and O–H groups in total. The van der Waals surface area contributed by atoms with Gasteiger partial charge in [-0.1, -0.05) is 0 Å². The Morgan fingerprint density at radius 1 is 1.42 bits per heavy atom. The van der Waals surface area contributed by atoms with Crippen molar-refractivity contribution in [3.63, 3.8) is 0 Å². The van der Waals surface area contributed by atoms with Crippen molar-refractivity contribution >= 4 is 19.8 Å². The van der Waals surface area contributed by atoms with E-state index in [4.69, 9.17) is 0 Å². The van der Waals surface area contributed by atoms with Crippen molar-refractivity contribution in [3.05, 3.63) is 41.9 Å². The summed E-state index contributed by atoms with van der Waals surface area (Å²) in [5, 5.41) is 0. The Morgan fingerprint density at radius 3 is 3.42 bits per heavy atom. The second-order valence-electron chi connectivity index (χ2n) is 3.43. The fourth-order valence-corrected chi connectivity index (χ4v) is 2.00. The van der Waals surface area contributed by atoms with Crippen molar-refractivity contribution in [2.45, 2.75) is 0 Å². The normalized spacial score (nSPS) is 18.3. The molecule has 0 bridgehead atoms. The largest absolute Gasteiger partial charge is 0.467 e. The fourth-order valence-electron chi connectivity index (χ4n) is 2.00. The van der Waals surface area contributed by atoms with Gasteiger partial charge < -0.3 is 8.96 Å². The van der Waals surface area contributed by atoms with Gasteiger partial charge in [-0.25, -0.2) is 0 Å². The molecule has 0 saturated heterocycles. The molecule has 0 unspecified atom stereocenters. The lowest BCUT2D eigenvalue weighted by atomic mass is 10.0. The van der Waals surface area contributed by atoms with E-state index in [1.165, 1.54) is 11.4 Å². The molecule has 3 heterocycles. The molecular weight excluding hydrogens is 147 g/mol. The summed E-state index contributed by atoms with van der Waals surface area (Å²) in [6.45, 7) is 0. The molecule has 2 aliphatic rings. The standard InChI is InChI=1S/C9H9BN2/c1-3-8-7-9-4-2-6-12(9)10-11(8)5-1/h1-7H,10H2. The molecule has 0 saturated carbocycles. The summed E-state index contributed by atoms with van der Waals surface area (Å²) < 4.78 is 4.71. The Hall–Kier alpha value is -1.51. The van der Waals surface area contributed by atoms with Crippen molar-refractivity contribution in [1.29, 1.82) is 0 Å². The minimum absolute atomic E-state index is 0.183. The molecule has 2 nitrogen and oxygen atoms in total. The van der Waals surface area contributed by atoms with Gasteiger partial charge in [0.1, 0.15) is 6.21 Å². The Bertz CT molecular complexity index is 423. The van der Waals surface area contributed by atoms with Gasteiger partial charge in [-0.05, 0) is 18.3 Å². The highest BCUT2D eigenvalue weighted by atomic mass is 15.1. The average molecular weight is 156 g/mol. The van der Waals surface area contributed by atoms with Crippen LogP contribution in [0.5, 0.6) is 0 Å². The highest BCUT2D eigenvalue weighted by molar-refractivity contribution is 6.26. The summed E-state index contributed by atoms with van der Waals surface area (Å²) in [4.78, 5) is 0. The second-order valence-corrected chi connectivity index (χ2v) is 3.43. The summed E-state index contributed by atoms with van der Waals surface area (Å²) in [5.41, 5.74) is 2.70. The molecule has 0 aromatic carbocycles. The number of hydrogen-bond donors (Lipinski definition) is 0. The lowest BCUT2D eigenvalue weighted by molar-refractivity contribution is -0.306. The van der Waals surface area contributed by atoms with E-state index < -0.39 is 0 Å². The third kappa shape index (κ3) is 0.680. The highest BCUT2D eigenvalue weighted by Crippen LogP contribution is 2.16. The van der Waals surface area contributed by atoms with E-state index in [1.54, 1.807) is 0 Å². The Morgan fingerprint density at radius 2 is 2.42 bits per heavy atom. The molecular formula is C9H9BN2. The van der Waals surface area contributed by atoms with Gasteiger partial charge in [0.25, 0.3) is 0 Å². The predicted molar refractivity (Wildman–Crippen MR) is 51.8 cm³/mol. The predicted octanol–water partition coefficient (Wildman–Crippen LogP) is 0.343. The molecule has 0 radical (unpaired) electrons. The van der Waals surface area contributed by atoms with Crippen molar-refractivity contribution in [2.75, 3.05) is 0 Å². The molecule has 1 aromatic heterocycles. The van der Waals surface area contributed by atoms with Gasteiger partial charge in [0.15, 0.2) is 5.70 Å². The number of aromatic nitrogens is 1. The van der Waals surface area contributed by atoms with E-state index in [-0.39, 0.29) is 7.55 Å². The van der Waals surface area contributed by atoms with Crippen LogP contribution in [0.3, 0.4) is 0 Å². The molecule has 0 fully saturated rings. The van der Waals surface area contributed by atoms with Crippen LogP contribution in [-0.4, -0.2) is 22.7 Å². The first-order chi connectivity index (χ1) is 5.93. The Labute approximate surface area is 71.4 Å². The third-order valence-electron chi connectivity index (χ3n) is 2.69. The number of nitrogens with zero attached hydrogens (tertiary/aromatic N) is 2. The first-order valence-corrected chi connectivity index (χ1v) is 4.35. The van der Waals surface area contributed by atoms with Crippen LogP contribution in [0.15, 0.2) is 36.2 Å². The smallest absolute Gasteiger partial charge is 0.353 e. The van der Waals surface area contributed by atoms with Gasteiger partial charge in [0.2, 0.25) is 0 Å². The highest BCUT2D eigenvalue weighted by Gasteiger charge is 2.14. The molecule has 3 rings (SSSR count). The summed E-state index contributed by atoms with van der Waals surface area (Å²) in [7, 11) is -0.183. The Kier molecular flexibility index (Phi) is 1.01. The van der Waals surface area contributed by atoms with Crippen LogP contribution in [0, 0.1) is 0 Å². The minimum atomic E-state index is -0.183.